The number of ether oxygens (including phenoxy) is 1. The van der Waals surface area contributed by atoms with Crippen molar-refractivity contribution in [3.63, 3.8) is 0 Å². The molecule has 1 aromatic carbocycles. The highest BCUT2D eigenvalue weighted by atomic mass is 16.5. The molecule has 0 saturated carbocycles. The zero-order valence-corrected chi connectivity index (χ0v) is 13.6. The van der Waals surface area contributed by atoms with Crippen molar-refractivity contribution in [2.45, 2.75) is 39.7 Å². The first-order chi connectivity index (χ1) is 10.1. The van der Waals surface area contributed by atoms with E-state index in [1.807, 2.05) is 18.2 Å². The Labute approximate surface area is 128 Å². The van der Waals surface area contributed by atoms with E-state index >= 15 is 0 Å². The van der Waals surface area contributed by atoms with E-state index < -0.39 is 6.10 Å². The lowest BCUT2D eigenvalue weighted by Gasteiger charge is -2.27. The first-order valence-corrected chi connectivity index (χ1v) is 7.97. The number of aliphatic hydroxyl groups excluding tert-OH is 1. The van der Waals surface area contributed by atoms with Crippen molar-refractivity contribution in [2.75, 3.05) is 32.0 Å². The van der Waals surface area contributed by atoms with Gasteiger partial charge in [0.25, 0.3) is 0 Å². The maximum atomic E-state index is 10.1. The van der Waals surface area contributed by atoms with Gasteiger partial charge in [-0.25, -0.2) is 0 Å². The number of hydrogen-bond acceptors (Lipinski definition) is 4. The van der Waals surface area contributed by atoms with Crippen molar-refractivity contribution in [2.24, 2.45) is 5.92 Å². The number of benzene rings is 1. The highest BCUT2D eigenvalue weighted by molar-refractivity contribution is 5.43. The predicted octanol–water partition coefficient (Wildman–Crippen LogP) is 2.77. The molecule has 21 heavy (non-hydrogen) atoms. The molecule has 0 aliphatic rings. The third-order valence-electron chi connectivity index (χ3n) is 3.89. The van der Waals surface area contributed by atoms with Gasteiger partial charge in [0.05, 0.1) is 0 Å². The molecular formula is C17H30N2O2. The molecule has 1 rings (SSSR count). The Hall–Kier alpha value is -1.26. The smallest absolute Gasteiger partial charge is 0.121 e. The molecule has 1 unspecified atom stereocenters. The summed E-state index contributed by atoms with van der Waals surface area (Å²) in [5.74, 6) is 1.41. The number of nitrogen functional groups attached to an aromatic ring is 1. The summed E-state index contributed by atoms with van der Waals surface area (Å²) in [4.78, 5) is 2.30. The molecule has 0 amide bonds. The summed E-state index contributed by atoms with van der Waals surface area (Å²) in [5, 5.41) is 10.1. The van der Waals surface area contributed by atoms with Crippen molar-refractivity contribution < 1.29 is 9.84 Å². The highest BCUT2D eigenvalue weighted by Crippen LogP contribution is 2.15. The van der Waals surface area contributed by atoms with E-state index in [9.17, 15) is 5.11 Å². The van der Waals surface area contributed by atoms with E-state index in [0.29, 0.717) is 30.5 Å². The monoisotopic (exact) mass is 294 g/mol. The number of aliphatic hydroxyl groups is 1. The minimum atomic E-state index is -0.485. The number of likely N-dealkylation sites (N-methyl/N-ethyl adjacent to an activating group) is 1. The van der Waals surface area contributed by atoms with Crippen molar-refractivity contribution in [3.8, 4) is 5.75 Å². The fraction of sp³-hybridized carbons (Fsp3) is 0.647. The number of anilines is 1. The number of nitrogens with zero attached hydrogens (tertiary/aromatic N) is 1. The number of rotatable bonds is 10. The fourth-order valence-corrected chi connectivity index (χ4v) is 2.39. The molecule has 1 atom stereocenters. The maximum absolute atomic E-state index is 10.1. The summed E-state index contributed by atoms with van der Waals surface area (Å²) < 4.78 is 5.59. The molecule has 0 aliphatic heterocycles. The van der Waals surface area contributed by atoms with E-state index in [-0.39, 0.29) is 0 Å². The summed E-state index contributed by atoms with van der Waals surface area (Å²) in [7, 11) is 0. The predicted molar refractivity (Wildman–Crippen MR) is 88.5 cm³/mol. The van der Waals surface area contributed by atoms with Crippen LogP contribution in [-0.4, -0.2) is 42.4 Å². The normalized spacial score (nSPS) is 12.9. The summed E-state index contributed by atoms with van der Waals surface area (Å²) in [6.07, 6.45) is 1.88. The minimum absolute atomic E-state index is 0.295. The lowest BCUT2D eigenvalue weighted by Crippen LogP contribution is -2.38. The van der Waals surface area contributed by atoms with Gasteiger partial charge >= 0.3 is 0 Å². The van der Waals surface area contributed by atoms with Crippen LogP contribution in [0.25, 0.3) is 0 Å². The maximum Gasteiger partial charge on any atom is 0.121 e. The van der Waals surface area contributed by atoms with Gasteiger partial charge in [0.1, 0.15) is 18.5 Å². The first kappa shape index (κ1) is 17.8. The number of hydrogen-bond donors (Lipinski definition) is 2. The summed E-state index contributed by atoms with van der Waals surface area (Å²) >= 11 is 0. The van der Waals surface area contributed by atoms with Crippen LogP contribution in [0, 0.1) is 5.92 Å². The Kier molecular flexibility index (Phi) is 8.16. The molecule has 3 N–H and O–H groups in total. The van der Waals surface area contributed by atoms with Gasteiger partial charge in [-0.05, 0) is 24.6 Å². The molecule has 120 valence electrons. The molecule has 4 heteroatoms. The average molecular weight is 294 g/mol. The highest BCUT2D eigenvalue weighted by Gasteiger charge is 2.14. The lowest BCUT2D eigenvalue weighted by molar-refractivity contribution is 0.0639. The van der Waals surface area contributed by atoms with Crippen LogP contribution in [0.2, 0.25) is 0 Å². The molecule has 0 fully saturated rings. The van der Waals surface area contributed by atoms with Gasteiger partial charge in [-0.1, -0.05) is 39.7 Å². The van der Waals surface area contributed by atoms with E-state index in [1.54, 1.807) is 6.07 Å². The largest absolute Gasteiger partial charge is 0.491 e. The Balaban J connectivity index is 2.38. The lowest BCUT2D eigenvalue weighted by atomic mass is 10.0. The molecule has 0 heterocycles. The van der Waals surface area contributed by atoms with Crippen LogP contribution >= 0.6 is 0 Å². The molecule has 4 nitrogen and oxygen atoms in total. The van der Waals surface area contributed by atoms with Gasteiger partial charge in [0.2, 0.25) is 0 Å². The quantitative estimate of drug-likeness (QED) is 0.652. The molecular weight excluding hydrogens is 264 g/mol. The van der Waals surface area contributed by atoms with E-state index in [4.69, 9.17) is 10.5 Å². The van der Waals surface area contributed by atoms with Gasteiger partial charge in [0.15, 0.2) is 0 Å². The van der Waals surface area contributed by atoms with Gasteiger partial charge in [-0.2, -0.15) is 0 Å². The van der Waals surface area contributed by atoms with Gasteiger partial charge in [0, 0.05) is 24.8 Å². The van der Waals surface area contributed by atoms with Crippen LogP contribution in [0.1, 0.15) is 33.6 Å². The van der Waals surface area contributed by atoms with E-state index in [0.717, 1.165) is 13.1 Å². The van der Waals surface area contributed by atoms with Crippen LogP contribution in [-0.2, 0) is 0 Å². The summed E-state index contributed by atoms with van der Waals surface area (Å²) in [6, 6.07) is 7.29. The van der Waals surface area contributed by atoms with Crippen LogP contribution in [0.4, 0.5) is 5.69 Å². The average Bonchev–Trinajstić information content (AvgIpc) is 2.49. The Morgan fingerprint density at radius 2 is 1.90 bits per heavy atom. The summed E-state index contributed by atoms with van der Waals surface area (Å²) in [5.41, 5.74) is 6.37. The Bertz CT molecular complexity index is 394. The Morgan fingerprint density at radius 1 is 1.19 bits per heavy atom. The zero-order chi connectivity index (χ0) is 15.7. The molecule has 0 spiro atoms. The van der Waals surface area contributed by atoms with Crippen LogP contribution in [0.3, 0.4) is 0 Å². The van der Waals surface area contributed by atoms with Gasteiger partial charge in [-0.15, -0.1) is 0 Å². The standard InChI is InChI=1S/C17H30N2O2/c1-4-14(5-2)11-19(6-3)12-16(20)13-21-17-9-7-8-15(18)10-17/h7-10,14,16,20H,4-6,11-13,18H2,1-3H3. The van der Waals surface area contributed by atoms with E-state index in [1.165, 1.54) is 12.8 Å². The van der Waals surface area contributed by atoms with Crippen molar-refractivity contribution in [1.82, 2.24) is 4.90 Å². The summed E-state index contributed by atoms with van der Waals surface area (Å²) in [6.45, 7) is 9.51. The van der Waals surface area contributed by atoms with Gasteiger partial charge in [-0.3, -0.25) is 0 Å². The van der Waals surface area contributed by atoms with Gasteiger partial charge < -0.3 is 20.5 Å². The second-order valence-corrected chi connectivity index (χ2v) is 5.57. The molecule has 0 aliphatic carbocycles. The Morgan fingerprint density at radius 3 is 2.48 bits per heavy atom. The van der Waals surface area contributed by atoms with Crippen LogP contribution in [0.15, 0.2) is 24.3 Å². The first-order valence-electron chi connectivity index (χ1n) is 7.97. The molecule has 0 aromatic heterocycles. The molecule has 1 aromatic rings. The second-order valence-electron chi connectivity index (χ2n) is 5.57. The number of nitrogens with two attached hydrogens (primary N) is 1. The molecule has 0 saturated heterocycles. The minimum Gasteiger partial charge on any atom is -0.491 e. The molecule has 0 bridgehead atoms. The zero-order valence-electron chi connectivity index (χ0n) is 13.6. The van der Waals surface area contributed by atoms with Crippen LogP contribution < -0.4 is 10.5 Å². The third kappa shape index (κ3) is 6.82. The van der Waals surface area contributed by atoms with E-state index in [2.05, 4.69) is 25.7 Å². The SMILES string of the molecule is CCC(CC)CN(CC)CC(O)COc1cccc(N)c1. The van der Waals surface area contributed by atoms with Crippen LogP contribution in [0.5, 0.6) is 5.75 Å². The molecule has 0 radical (unpaired) electrons. The second kappa shape index (κ2) is 9.64. The fourth-order valence-electron chi connectivity index (χ4n) is 2.39. The van der Waals surface area contributed by atoms with Crippen molar-refractivity contribution in [3.05, 3.63) is 24.3 Å². The third-order valence-corrected chi connectivity index (χ3v) is 3.89. The van der Waals surface area contributed by atoms with Crippen molar-refractivity contribution >= 4 is 5.69 Å². The topological polar surface area (TPSA) is 58.7 Å². The van der Waals surface area contributed by atoms with Crippen molar-refractivity contribution in [1.29, 1.82) is 0 Å².